The van der Waals surface area contributed by atoms with Gasteiger partial charge in [-0.05, 0) is 44.5 Å². The highest BCUT2D eigenvalue weighted by atomic mass is 16.3. The maximum Gasteiger partial charge on any atom is 0.159 e. The van der Waals surface area contributed by atoms with Gasteiger partial charge in [0, 0.05) is 29.1 Å². The summed E-state index contributed by atoms with van der Waals surface area (Å²) in [4.78, 5) is 9.00. The van der Waals surface area contributed by atoms with Gasteiger partial charge in [-0.1, -0.05) is 0 Å². The summed E-state index contributed by atoms with van der Waals surface area (Å²) in [6.45, 7) is 0. The van der Waals surface area contributed by atoms with Crippen molar-refractivity contribution in [1.29, 1.82) is 0 Å². The summed E-state index contributed by atoms with van der Waals surface area (Å²) in [7, 11) is 1.95. The van der Waals surface area contributed by atoms with E-state index in [0.717, 1.165) is 30.5 Å². The van der Waals surface area contributed by atoms with Gasteiger partial charge in [0.05, 0.1) is 0 Å². The zero-order chi connectivity index (χ0) is 14.1. The molecule has 5 nitrogen and oxygen atoms in total. The second-order valence-electron chi connectivity index (χ2n) is 5.03. The largest absolute Gasteiger partial charge is 0.504 e. The number of benzene rings is 1. The van der Waals surface area contributed by atoms with Gasteiger partial charge in [-0.25, -0.2) is 9.97 Å². The van der Waals surface area contributed by atoms with Crippen LogP contribution in [0.3, 0.4) is 0 Å². The minimum absolute atomic E-state index is 0.137. The molecule has 2 aromatic rings. The van der Waals surface area contributed by atoms with Gasteiger partial charge in [0.1, 0.15) is 0 Å². The number of rotatable bonds is 2. The normalized spacial score (nSPS) is 17.8. The molecule has 1 aliphatic carbocycles. The van der Waals surface area contributed by atoms with Crippen LogP contribution in [0.1, 0.15) is 30.1 Å². The van der Waals surface area contributed by atoms with Gasteiger partial charge in [-0.2, -0.15) is 0 Å². The van der Waals surface area contributed by atoms with Crippen LogP contribution >= 0.6 is 0 Å². The Hall–Kier alpha value is -2.14. The molecule has 1 heterocycles. The summed E-state index contributed by atoms with van der Waals surface area (Å²) in [6.07, 6.45) is 5.02. The molecule has 1 aromatic carbocycles. The Morgan fingerprint density at radius 3 is 2.85 bits per heavy atom. The Labute approximate surface area is 117 Å². The third-order valence-electron chi connectivity index (χ3n) is 3.76. The summed E-state index contributed by atoms with van der Waals surface area (Å²) >= 11 is 0. The first-order valence-electron chi connectivity index (χ1n) is 6.74. The number of hydrogen-bond acceptors (Lipinski definition) is 5. The van der Waals surface area contributed by atoms with Crippen LogP contribution in [0.4, 0.5) is 0 Å². The minimum atomic E-state index is -0.156. The third-order valence-corrected chi connectivity index (χ3v) is 3.76. The third kappa shape index (κ3) is 2.20. The van der Waals surface area contributed by atoms with Crippen molar-refractivity contribution in [2.24, 2.45) is 0 Å². The van der Waals surface area contributed by atoms with Crippen LogP contribution in [0.15, 0.2) is 24.4 Å². The number of aromatic hydroxyl groups is 2. The lowest BCUT2D eigenvalue weighted by molar-refractivity contribution is 0.404. The van der Waals surface area contributed by atoms with E-state index in [0.29, 0.717) is 17.4 Å². The SMILES string of the molecule is CNC1CCCc2nc(-c3ccc(O)c(O)c3)ncc21. The predicted octanol–water partition coefficient (Wildman–Crippen LogP) is 2.15. The second-order valence-corrected chi connectivity index (χ2v) is 5.03. The highest BCUT2D eigenvalue weighted by molar-refractivity contribution is 5.60. The fourth-order valence-electron chi connectivity index (χ4n) is 2.65. The van der Waals surface area contributed by atoms with E-state index >= 15 is 0 Å². The van der Waals surface area contributed by atoms with Crippen molar-refractivity contribution >= 4 is 0 Å². The number of nitrogens with zero attached hydrogens (tertiary/aromatic N) is 2. The number of phenols is 2. The van der Waals surface area contributed by atoms with Gasteiger partial charge >= 0.3 is 0 Å². The van der Waals surface area contributed by atoms with Gasteiger partial charge in [0.15, 0.2) is 17.3 Å². The molecule has 1 aromatic heterocycles. The lowest BCUT2D eigenvalue weighted by Crippen LogP contribution is -2.22. The molecule has 3 rings (SSSR count). The van der Waals surface area contributed by atoms with E-state index in [2.05, 4.69) is 15.3 Å². The zero-order valence-corrected chi connectivity index (χ0v) is 11.3. The van der Waals surface area contributed by atoms with Crippen molar-refractivity contribution in [1.82, 2.24) is 15.3 Å². The number of fused-ring (bicyclic) bond motifs is 1. The lowest BCUT2D eigenvalue weighted by Gasteiger charge is -2.24. The topological polar surface area (TPSA) is 78.3 Å². The summed E-state index contributed by atoms with van der Waals surface area (Å²) in [5, 5.41) is 22.2. The molecule has 1 atom stereocenters. The molecular formula is C15H17N3O2. The van der Waals surface area contributed by atoms with Gasteiger partial charge in [-0.3, -0.25) is 0 Å². The Morgan fingerprint density at radius 2 is 2.10 bits per heavy atom. The maximum atomic E-state index is 9.56. The number of phenolic OH excluding ortho intramolecular Hbond substituents is 2. The lowest BCUT2D eigenvalue weighted by atomic mass is 9.92. The molecule has 3 N–H and O–H groups in total. The van der Waals surface area contributed by atoms with Crippen molar-refractivity contribution in [3.63, 3.8) is 0 Å². The summed E-state index contributed by atoms with van der Waals surface area (Å²) in [5.41, 5.74) is 2.92. The summed E-state index contributed by atoms with van der Waals surface area (Å²) < 4.78 is 0. The molecule has 104 valence electrons. The molecule has 0 saturated carbocycles. The van der Waals surface area contributed by atoms with Crippen LogP contribution in [0.5, 0.6) is 11.5 Å². The standard InChI is InChI=1S/C15H17N3O2/c1-16-11-3-2-4-12-10(11)8-17-15(18-12)9-5-6-13(19)14(20)7-9/h5-8,11,16,19-20H,2-4H2,1H3. The molecule has 0 aliphatic heterocycles. The van der Waals surface area contributed by atoms with Gasteiger partial charge in [0.25, 0.3) is 0 Å². The first-order chi connectivity index (χ1) is 9.69. The molecule has 0 saturated heterocycles. The molecular weight excluding hydrogens is 254 g/mol. The summed E-state index contributed by atoms with van der Waals surface area (Å²) in [5.74, 6) is 0.287. The van der Waals surface area contributed by atoms with E-state index < -0.39 is 0 Å². The molecule has 5 heteroatoms. The van der Waals surface area contributed by atoms with Gasteiger partial charge < -0.3 is 15.5 Å². The monoisotopic (exact) mass is 271 g/mol. The Morgan fingerprint density at radius 1 is 1.25 bits per heavy atom. The van der Waals surface area contributed by atoms with Crippen molar-refractivity contribution in [3.05, 3.63) is 35.7 Å². The van der Waals surface area contributed by atoms with E-state index in [9.17, 15) is 10.2 Å². The first-order valence-corrected chi connectivity index (χ1v) is 6.74. The average molecular weight is 271 g/mol. The maximum absolute atomic E-state index is 9.56. The van der Waals surface area contributed by atoms with Crippen molar-refractivity contribution in [2.75, 3.05) is 7.05 Å². The van der Waals surface area contributed by atoms with E-state index in [4.69, 9.17) is 0 Å². The molecule has 1 unspecified atom stereocenters. The number of nitrogens with one attached hydrogen (secondary N) is 1. The second kappa shape index (κ2) is 5.09. The van der Waals surface area contributed by atoms with E-state index in [1.165, 1.54) is 12.1 Å². The van der Waals surface area contributed by atoms with Crippen LogP contribution in [-0.4, -0.2) is 27.2 Å². The molecule has 0 radical (unpaired) electrons. The van der Waals surface area contributed by atoms with Crippen LogP contribution < -0.4 is 5.32 Å². The minimum Gasteiger partial charge on any atom is -0.504 e. The fourth-order valence-corrected chi connectivity index (χ4v) is 2.65. The Kier molecular flexibility index (Phi) is 3.28. The van der Waals surface area contributed by atoms with Crippen molar-refractivity contribution in [3.8, 4) is 22.9 Å². The van der Waals surface area contributed by atoms with E-state index in [-0.39, 0.29) is 11.5 Å². The fraction of sp³-hybridized carbons (Fsp3) is 0.333. The average Bonchev–Trinajstić information content (AvgIpc) is 2.48. The van der Waals surface area contributed by atoms with Crippen LogP contribution in [0.25, 0.3) is 11.4 Å². The first kappa shape index (κ1) is 12.9. The predicted molar refractivity (Wildman–Crippen MR) is 75.5 cm³/mol. The summed E-state index contributed by atoms with van der Waals surface area (Å²) in [6, 6.07) is 4.95. The molecule has 1 aliphatic rings. The van der Waals surface area contributed by atoms with Crippen LogP contribution in [0, 0.1) is 0 Å². The van der Waals surface area contributed by atoms with E-state index in [1.807, 2.05) is 13.2 Å². The van der Waals surface area contributed by atoms with Gasteiger partial charge in [-0.15, -0.1) is 0 Å². The number of hydrogen-bond donors (Lipinski definition) is 3. The highest BCUT2D eigenvalue weighted by Crippen LogP contribution is 2.32. The molecule has 0 spiro atoms. The molecule has 0 bridgehead atoms. The van der Waals surface area contributed by atoms with Crippen molar-refractivity contribution in [2.45, 2.75) is 25.3 Å². The molecule has 0 amide bonds. The zero-order valence-electron chi connectivity index (χ0n) is 11.3. The van der Waals surface area contributed by atoms with Gasteiger partial charge in [0.2, 0.25) is 0 Å². The highest BCUT2D eigenvalue weighted by Gasteiger charge is 2.21. The smallest absolute Gasteiger partial charge is 0.159 e. The molecule has 0 fully saturated rings. The van der Waals surface area contributed by atoms with Crippen LogP contribution in [0.2, 0.25) is 0 Å². The molecule has 20 heavy (non-hydrogen) atoms. The van der Waals surface area contributed by atoms with Crippen molar-refractivity contribution < 1.29 is 10.2 Å². The van der Waals surface area contributed by atoms with Crippen LogP contribution in [-0.2, 0) is 6.42 Å². The number of aryl methyl sites for hydroxylation is 1. The van der Waals surface area contributed by atoms with E-state index in [1.54, 1.807) is 6.07 Å². The number of aromatic nitrogens is 2. The Balaban J connectivity index is 2.01. The Bertz CT molecular complexity index is 643. The quantitative estimate of drug-likeness (QED) is 0.729.